The van der Waals surface area contributed by atoms with Crippen molar-refractivity contribution in [1.29, 1.82) is 0 Å². The van der Waals surface area contributed by atoms with E-state index in [-0.39, 0.29) is 11.4 Å². The lowest BCUT2D eigenvalue weighted by Crippen LogP contribution is -2.55. The fraction of sp³-hybridized carbons (Fsp3) is 0.280. The van der Waals surface area contributed by atoms with Crippen LogP contribution >= 0.6 is 11.8 Å². The Labute approximate surface area is 210 Å². The Kier molecular flexibility index (Phi) is 12.5. The third kappa shape index (κ3) is 10.3. The lowest BCUT2D eigenvalue weighted by Gasteiger charge is -2.23. The van der Waals surface area contributed by atoms with E-state index in [2.05, 4.69) is 27.3 Å². The number of nitrogens with zero attached hydrogens (tertiary/aromatic N) is 2. The van der Waals surface area contributed by atoms with E-state index in [0.717, 1.165) is 16.9 Å². The molecule has 2 aromatic carbocycles. The van der Waals surface area contributed by atoms with E-state index in [0.29, 0.717) is 12.8 Å². The summed E-state index contributed by atoms with van der Waals surface area (Å²) in [6, 6.07) is 18.3. The Morgan fingerprint density at radius 2 is 1.74 bits per heavy atom. The highest BCUT2D eigenvalue weighted by Crippen LogP contribution is 2.18. The molecule has 0 bridgehead atoms. The Bertz CT molecular complexity index is 1000. The molecule has 4 N–H and O–H groups in total. The summed E-state index contributed by atoms with van der Waals surface area (Å²) in [6.45, 7) is 5.08. The predicted molar refractivity (Wildman–Crippen MR) is 142 cm³/mol. The number of carbonyl (C=O) groups excluding carboxylic acids is 2. The van der Waals surface area contributed by atoms with Gasteiger partial charge in [0.2, 0.25) is 5.91 Å². The van der Waals surface area contributed by atoms with Gasteiger partial charge >= 0.3 is 7.12 Å². The summed E-state index contributed by atoms with van der Waals surface area (Å²) in [7, 11) is -1.74. The van der Waals surface area contributed by atoms with Gasteiger partial charge in [0.15, 0.2) is 0 Å². The first-order valence-corrected chi connectivity index (χ1v) is 12.3. The number of thioether (sulfide) groups is 1. The van der Waals surface area contributed by atoms with Crippen molar-refractivity contribution in [2.75, 3.05) is 5.75 Å². The number of amides is 2. The zero-order chi connectivity index (χ0) is 25.5. The molecule has 2 rings (SSSR count). The third-order valence-electron chi connectivity index (χ3n) is 5.04. The Morgan fingerprint density at radius 3 is 2.34 bits per heavy atom. The van der Waals surface area contributed by atoms with Crippen LogP contribution in [0.5, 0.6) is 0 Å². The van der Waals surface area contributed by atoms with Crippen molar-refractivity contribution in [3.8, 4) is 0 Å². The summed E-state index contributed by atoms with van der Waals surface area (Å²) < 4.78 is 0. The van der Waals surface area contributed by atoms with Gasteiger partial charge in [0.05, 0.1) is 12.1 Å². The molecule has 0 radical (unpaired) electrons. The van der Waals surface area contributed by atoms with Crippen molar-refractivity contribution in [2.45, 2.75) is 43.1 Å². The van der Waals surface area contributed by atoms with E-state index < -0.39 is 30.9 Å². The van der Waals surface area contributed by atoms with Gasteiger partial charge in [-0.2, -0.15) is 0 Å². The Hall–Kier alpha value is -3.21. The topological polar surface area (TPSA) is 123 Å². The molecule has 0 aromatic heterocycles. The van der Waals surface area contributed by atoms with Gasteiger partial charge in [-0.05, 0) is 50.6 Å². The van der Waals surface area contributed by atoms with Crippen LogP contribution in [-0.2, 0) is 16.0 Å². The van der Waals surface area contributed by atoms with E-state index in [1.807, 2.05) is 60.7 Å². The molecule has 2 amide bonds. The molecule has 0 heterocycles. The average Bonchev–Trinajstić information content (AvgIpc) is 2.87. The molecule has 2 atom stereocenters. The molecule has 0 spiro atoms. The molecule has 184 valence electrons. The van der Waals surface area contributed by atoms with Gasteiger partial charge in [0.25, 0.3) is 5.91 Å². The highest BCUT2D eigenvalue weighted by Gasteiger charge is 2.29. The molecule has 0 aliphatic rings. The maximum absolute atomic E-state index is 13.1. The highest BCUT2D eigenvalue weighted by molar-refractivity contribution is 7.99. The summed E-state index contributed by atoms with van der Waals surface area (Å²) >= 11 is 1.39. The van der Waals surface area contributed by atoms with Crippen molar-refractivity contribution in [3.63, 3.8) is 0 Å². The number of hydrogen-bond donors (Lipinski definition) is 4. The first kappa shape index (κ1) is 28.0. The minimum atomic E-state index is -1.74. The molecular weight excluding hydrogens is 463 g/mol. The van der Waals surface area contributed by atoms with Gasteiger partial charge in [-0.1, -0.05) is 48.5 Å². The maximum Gasteiger partial charge on any atom is 0.475 e. The van der Waals surface area contributed by atoms with Crippen molar-refractivity contribution in [2.24, 2.45) is 9.98 Å². The molecular formula is C25H31BN4O4S. The van der Waals surface area contributed by atoms with E-state index in [1.54, 1.807) is 6.92 Å². The van der Waals surface area contributed by atoms with Crippen LogP contribution in [0.3, 0.4) is 0 Å². The molecule has 35 heavy (non-hydrogen) atoms. The average molecular weight is 494 g/mol. The van der Waals surface area contributed by atoms with Crippen molar-refractivity contribution in [3.05, 3.63) is 78.1 Å². The second kappa shape index (κ2) is 15.7. The minimum Gasteiger partial charge on any atom is -0.426 e. The standard InChI is InChI=1S/C25H31BN4O4S/c1-3-28-17-21(27-2)24(31)29-22(18-35-20-14-8-5-9-15-20)25(32)30-23(26(33)34)16-10-13-19-11-6-4-7-12-19/h3-9,11-12,14-15,17,22-23,33-34H,2,10,13,16,18H2,1H3,(H,29,31)(H,30,32)/b21-17-,28-3-/t22?,23-/m0/s1. The summed E-state index contributed by atoms with van der Waals surface area (Å²) in [6.07, 6.45) is 4.49. The lowest BCUT2D eigenvalue weighted by molar-refractivity contribution is -0.127. The quantitative estimate of drug-likeness (QED) is 0.139. The largest absolute Gasteiger partial charge is 0.475 e. The fourth-order valence-corrected chi connectivity index (χ4v) is 4.12. The lowest BCUT2D eigenvalue weighted by atomic mass is 9.76. The fourth-order valence-electron chi connectivity index (χ4n) is 3.18. The van der Waals surface area contributed by atoms with Gasteiger partial charge in [0, 0.05) is 16.9 Å². The Morgan fingerprint density at radius 1 is 1.09 bits per heavy atom. The van der Waals surface area contributed by atoms with E-state index >= 15 is 0 Å². The summed E-state index contributed by atoms with van der Waals surface area (Å²) in [5.41, 5.74) is 1.09. The number of carbonyl (C=O) groups is 2. The van der Waals surface area contributed by atoms with Crippen molar-refractivity contribution >= 4 is 43.6 Å². The molecule has 0 saturated carbocycles. The first-order valence-electron chi connectivity index (χ1n) is 11.3. The smallest absolute Gasteiger partial charge is 0.426 e. The van der Waals surface area contributed by atoms with E-state index in [1.165, 1.54) is 24.2 Å². The van der Waals surface area contributed by atoms with Crippen LogP contribution in [0, 0.1) is 0 Å². The van der Waals surface area contributed by atoms with Crippen LogP contribution in [0.25, 0.3) is 0 Å². The minimum absolute atomic E-state index is 0.0350. The SMILES string of the molecule is C=N/C(=C\N=C/C)C(=O)NC(CSc1ccccc1)C(=O)N[C@@H](CCCc1ccccc1)B(O)O. The van der Waals surface area contributed by atoms with Crippen LogP contribution in [0.1, 0.15) is 25.3 Å². The maximum atomic E-state index is 13.1. The number of aliphatic imine (C=N–C) groups is 2. The summed E-state index contributed by atoms with van der Waals surface area (Å²) in [5, 5.41) is 25.1. The van der Waals surface area contributed by atoms with Gasteiger partial charge < -0.3 is 20.7 Å². The monoisotopic (exact) mass is 494 g/mol. The normalized spacial score (nSPS) is 13.2. The molecule has 0 aliphatic heterocycles. The number of hydrogen-bond acceptors (Lipinski definition) is 7. The second-order valence-electron chi connectivity index (χ2n) is 7.64. The predicted octanol–water partition coefficient (Wildman–Crippen LogP) is 2.42. The van der Waals surface area contributed by atoms with Gasteiger partial charge in [0.1, 0.15) is 11.7 Å². The van der Waals surface area contributed by atoms with Crippen LogP contribution in [-0.4, -0.2) is 59.6 Å². The summed E-state index contributed by atoms with van der Waals surface area (Å²) in [4.78, 5) is 34.3. The number of nitrogens with one attached hydrogen (secondary N) is 2. The van der Waals surface area contributed by atoms with Gasteiger partial charge in [-0.15, -0.1) is 11.8 Å². The molecule has 8 nitrogen and oxygen atoms in total. The van der Waals surface area contributed by atoms with Crippen LogP contribution in [0.15, 0.2) is 87.4 Å². The van der Waals surface area contributed by atoms with Gasteiger partial charge in [-0.3, -0.25) is 19.6 Å². The molecule has 0 aliphatic carbocycles. The number of rotatable bonds is 14. The Balaban J connectivity index is 2.08. The first-order chi connectivity index (χ1) is 16.9. The summed E-state index contributed by atoms with van der Waals surface area (Å²) in [5.74, 6) is -1.79. The zero-order valence-corrected chi connectivity index (χ0v) is 20.5. The second-order valence-corrected chi connectivity index (χ2v) is 8.73. The molecule has 1 unspecified atom stereocenters. The van der Waals surface area contributed by atoms with Crippen molar-refractivity contribution in [1.82, 2.24) is 10.6 Å². The highest BCUT2D eigenvalue weighted by atomic mass is 32.2. The number of aryl methyl sites for hydroxylation is 1. The van der Waals surface area contributed by atoms with Crippen LogP contribution in [0.2, 0.25) is 0 Å². The van der Waals surface area contributed by atoms with E-state index in [9.17, 15) is 19.6 Å². The number of benzene rings is 2. The molecule has 0 saturated heterocycles. The zero-order valence-electron chi connectivity index (χ0n) is 19.7. The van der Waals surface area contributed by atoms with Crippen LogP contribution < -0.4 is 10.6 Å². The van der Waals surface area contributed by atoms with E-state index in [4.69, 9.17) is 0 Å². The third-order valence-corrected chi connectivity index (χ3v) is 6.15. The van der Waals surface area contributed by atoms with Crippen LogP contribution in [0.4, 0.5) is 0 Å². The molecule has 10 heteroatoms. The van der Waals surface area contributed by atoms with Gasteiger partial charge in [-0.25, -0.2) is 0 Å². The molecule has 2 aromatic rings. The molecule has 0 fully saturated rings. The van der Waals surface area contributed by atoms with Crippen molar-refractivity contribution < 1.29 is 19.6 Å².